The number of carbonyl (C=O) groups excluding carboxylic acids is 4. The summed E-state index contributed by atoms with van der Waals surface area (Å²) in [6.45, 7) is 3.17. The van der Waals surface area contributed by atoms with Crippen molar-refractivity contribution in [3.05, 3.63) is 99.7 Å². The van der Waals surface area contributed by atoms with E-state index in [4.69, 9.17) is 28.9 Å². The topological polar surface area (TPSA) is 233 Å². The minimum atomic E-state index is -0.568. The Hall–Kier alpha value is -6.49. The molecule has 8 N–H and O–H groups in total. The summed E-state index contributed by atoms with van der Waals surface area (Å²) in [6.07, 6.45) is 8.65. The molecule has 1 aliphatic rings. The van der Waals surface area contributed by atoms with Gasteiger partial charge in [-0.15, -0.1) is 0 Å². The minimum Gasteiger partial charge on any atom is -0.508 e. The van der Waals surface area contributed by atoms with Crippen molar-refractivity contribution in [3.63, 3.8) is 0 Å². The number of anilines is 1. The number of aliphatic hydroxyl groups excluding tert-OH is 1. The molecular weight excluding hydrogens is 847 g/mol. The van der Waals surface area contributed by atoms with Gasteiger partial charge in [-0.2, -0.15) is 5.10 Å². The fourth-order valence-corrected chi connectivity index (χ4v) is 8.24. The van der Waals surface area contributed by atoms with E-state index >= 15 is 0 Å². The normalized spacial score (nSPS) is 12.3. The van der Waals surface area contributed by atoms with Crippen LogP contribution in [0.4, 0.5) is 5.82 Å². The van der Waals surface area contributed by atoms with Gasteiger partial charge >= 0.3 is 0 Å². The number of amides is 4. The standard InChI is InChI=1S/C45H48Cl2N10O6/c1-2-29-31(22-53-44(48)40(29)26-7-10-28(59)11-8-26)27-9-12-36(52-21-27)45(63)51-17-16-50-37(60)6-4-3-5-15-49-38(61)24-57-19-14-35(55-57)30-20-33(46)42(47)43-41(30)32-23-56(39(62)25-58)18-13-34(32)54-43/h7-12,14,19-22,54,58-59H,2-6,13,15-18,23-25H2,1H3,(H2,48,53)(H,49,61)(H,50,60)(H,51,63). The first-order valence-corrected chi connectivity index (χ1v) is 21.5. The van der Waals surface area contributed by atoms with E-state index in [2.05, 4.69) is 36.0 Å². The molecule has 7 rings (SSSR count). The number of nitrogens with two attached hydrogens (primary N) is 1. The Labute approximate surface area is 373 Å². The number of nitrogens with one attached hydrogen (secondary N) is 4. The van der Waals surface area contributed by atoms with E-state index in [1.807, 2.05) is 13.0 Å². The van der Waals surface area contributed by atoms with E-state index < -0.39 is 6.61 Å². The number of aliphatic hydroxyl groups is 1. The fourth-order valence-electron chi connectivity index (χ4n) is 7.84. The molecule has 0 spiro atoms. The Kier molecular flexibility index (Phi) is 14.2. The summed E-state index contributed by atoms with van der Waals surface area (Å²) in [5.74, 6) is -0.516. The zero-order valence-corrected chi connectivity index (χ0v) is 36.2. The monoisotopic (exact) mass is 894 g/mol. The highest BCUT2D eigenvalue weighted by molar-refractivity contribution is 6.45. The molecule has 6 aromatic rings. The number of phenols is 1. The van der Waals surface area contributed by atoms with E-state index in [0.29, 0.717) is 84.4 Å². The van der Waals surface area contributed by atoms with E-state index in [9.17, 15) is 29.4 Å². The lowest BCUT2D eigenvalue weighted by Crippen LogP contribution is -2.37. The molecule has 0 bridgehead atoms. The number of nitrogen functional groups attached to an aromatic ring is 1. The van der Waals surface area contributed by atoms with Crippen molar-refractivity contribution in [2.24, 2.45) is 0 Å². The SMILES string of the molecule is CCc1c(-c2ccc(C(=O)NCCNC(=O)CCCCCNC(=O)Cn3ccc(-c4cc(Cl)c(Cl)c5[nH]c6c(c45)CN(C(=O)CO)CC6)n3)nc2)cnc(N)c1-c1ccc(O)cc1. The first-order valence-electron chi connectivity index (χ1n) is 20.7. The number of aromatic nitrogens is 5. The van der Waals surface area contributed by atoms with Gasteiger partial charge in [-0.1, -0.05) is 54.7 Å². The van der Waals surface area contributed by atoms with Gasteiger partial charge in [0.1, 0.15) is 30.4 Å². The summed E-state index contributed by atoms with van der Waals surface area (Å²) in [4.78, 5) is 64.0. The molecular formula is C45H48Cl2N10O6. The highest BCUT2D eigenvalue weighted by Gasteiger charge is 2.28. The van der Waals surface area contributed by atoms with Gasteiger partial charge in [-0.05, 0) is 60.7 Å². The number of hydrogen-bond acceptors (Lipinski definition) is 10. The highest BCUT2D eigenvalue weighted by Crippen LogP contribution is 2.42. The van der Waals surface area contributed by atoms with E-state index in [0.717, 1.165) is 50.9 Å². The largest absolute Gasteiger partial charge is 0.508 e. The van der Waals surface area contributed by atoms with Crippen LogP contribution in [0, 0.1) is 0 Å². The van der Waals surface area contributed by atoms with Crippen molar-refractivity contribution in [3.8, 4) is 39.3 Å². The molecule has 16 nitrogen and oxygen atoms in total. The van der Waals surface area contributed by atoms with Gasteiger partial charge in [0.2, 0.25) is 17.7 Å². The predicted molar refractivity (Wildman–Crippen MR) is 241 cm³/mol. The first-order chi connectivity index (χ1) is 30.4. The second kappa shape index (κ2) is 20.1. The molecule has 4 amide bonds. The fraction of sp³-hybridized carbons (Fsp3) is 0.311. The van der Waals surface area contributed by atoms with Crippen molar-refractivity contribution in [1.29, 1.82) is 0 Å². The summed E-state index contributed by atoms with van der Waals surface area (Å²) >= 11 is 13.1. The van der Waals surface area contributed by atoms with Crippen LogP contribution in [-0.2, 0) is 40.3 Å². The molecule has 0 fully saturated rings. The Morgan fingerprint density at radius 3 is 2.40 bits per heavy atom. The van der Waals surface area contributed by atoms with Crippen molar-refractivity contribution in [2.75, 3.05) is 38.5 Å². The molecule has 18 heteroatoms. The van der Waals surface area contributed by atoms with Gasteiger partial charge in [-0.25, -0.2) is 4.98 Å². The number of pyridine rings is 2. The summed E-state index contributed by atoms with van der Waals surface area (Å²) in [5.41, 5.74) is 14.5. The Morgan fingerprint density at radius 2 is 1.65 bits per heavy atom. The third kappa shape index (κ3) is 10.3. The zero-order chi connectivity index (χ0) is 44.6. The maximum Gasteiger partial charge on any atom is 0.269 e. The van der Waals surface area contributed by atoms with Gasteiger partial charge in [0.05, 0.1) is 21.3 Å². The van der Waals surface area contributed by atoms with Gasteiger partial charge in [0.15, 0.2) is 0 Å². The Bertz CT molecular complexity index is 2650. The Balaban J connectivity index is 0.805. The number of aromatic hydroxyl groups is 1. The number of benzene rings is 2. The number of carbonyl (C=O) groups is 4. The van der Waals surface area contributed by atoms with Crippen molar-refractivity contribution >= 4 is 63.6 Å². The Morgan fingerprint density at radius 1 is 0.889 bits per heavy atom. The van der Waals surface area contributed by atoms with Crippen LogP contribution in [0.1, 0.15) is 59.9 Å². The maximum absolute atomic E-state index is 12.8. The molecule has 5 heterocycles. The van der Waals surface area contributed by atoms with Crippen molar-refractivity contribution in [2.45, 2.75) is 58.5 Å². The smallest absolute Gasteiger partial charge is 0.269 e. The zero-order valence-electron chi connectivity index (χ0n) is 34.6. The van der Waals surface area contributed by atoms with Crippen LogP contribution in [0.3, 0.4) is 0 Å². The first kappa shape index (κ1) is 44.6. The molecule has 0 aliphatic carbocycles. The van der Waals surface area contributed by atoms with Crippen LogP contribution in [0.15, 0.2) is 67.1 Å². The van der Waals surface area contributed by atoms with Gasteiger partial charge in [-0.3, -0.25) is 28.8 Å². The predicted octanol–water partition coefficient (Wildman–Crippen LogP) is 5.41. The van der Waals surface area contributed by atoms with Crippen LogP contribution in [0.25, 0.3) is 44.4 Å². The third-order valence-corrected chi connectivity index (χ3v) is 11.8. The number of phenolic OH excluding ortho intramolecular Hbond substituents is 1. The van der Waals surface area contributed by atoms with Crippen LogP contribution < -0.4 is 21.7 Å². The summed E-state index contributed by atoms with van der Waals surface area (Å²) in [5, 5.41) is 33.8. The van der Waals surface area contributed by atoms with E-state index in [-0.39, 0.29) is 54.7 Å². The molecule has 0 saturated heterocycles. The molecule has 0 saturated carbocycles. The number of nitrogens with zero attached hydrogens (tertiary/aromatic N) is 5. The highest BCUT2D eigenvalue weighted by atomic mass is 35.5. The van der Waals surface area contributed by atoms with Crippen LogP contribution >= 0.6 is 23.2 Å². The lowest BCUT2D eigenvalue weighted by molar-refractivity contribution is -0.135. The molecule has 328 valence electrons. The lowest BCUT2D eigenvalue weighted by Gasteiger charge is -2.26. The second-order valence-electron chi connectivity index (χ2n) is 15.2. The number of halogens is 2. The summed E-state index contributed by atoms with van der Waals surface area (Å²) in [6, 6.07) is 13.8. The summed E-state index contributed by atoms with van der Waals surface area (Å²) < 4.78 is 1.54. The number of aromatic amines is 1. The quantitative estimate of drug-likeness (QED) is 0.0575. The number of fused-ring (bicyclic) bond motifs is 3. The molecule has 0 radical (unpaired) electrons. The van der Waals surface area contributed by atoms with Crippen LogP contribution in [0.5, 0.6) is 5.75 Å². The second-order valence-corrected chi connectivity index (χ2v) is 16.0. The average molecular weight is 896 g/mol. The van der Waals surface area contributed by atoms with E-state index in [1.54, 1.807) is 66.0 Å². The van der Waals surface area contributed by atoms with Crippen molar-refractivity contribution < 1.29 is 29.4 Å². The van der Waals surface area contributed by atoms with Crippen molar-refractivity contribution in [1.82, 2.24) is 45.6 Å². The molecule has 2 aromatic carbocycles. The number of rotatable bonds is 17. The lowest BCUT2D eigenvalue weighted by atomic mass is 9.92. The maximum atomic E-state index is 12.8. The molecule has 63 heavy (non-hydrogen) atoms. The van der Waals surface area contributed by atoms with Gasteiger partial charge in [0.25, 0.3) is 5.91 Å². The number of unbranched alkanes of at least 4 members (excludes halogenated alkanes) is 2. The third-order valence-electron chi connectivity index (χ3n) is 11.0. The molecule has 1 aliphatic heterocycles. The van der Waals surface area contributed by atoms with Gasteiger partial charge in [0, 0.05) is 103 Å². The van der Waals surface area contributed by atoms with Crippen LogP contribution in [0.2, 0.25) is 10.0 Å². The number of H-pyrrole nitrogens is 1. The minimum absolute atomic E-state index is 0.000282. The molecule has 0 atom stereocenters. The number of hydrogen-bond donors (Lipinski definition) is 7. The average Bonchev–Trinajstić information content (AvgIpc) is 3.92. The van der Waals surface area contributed by atoms with E-state index in [1.165, 1.54) is 4.68 Å². The molecule has 4 aromatic heterocycles. The van der Waals surface area contributed by atoms with Gasteiger partial charge < -0.3 is 41.8 Å². The summed E-state index contributed by atoms with van der Waals surface area (Å²) in [7, 11) is 0. The van der Waals surface area contributed by atoms with Crippen LogP contribution in [-0.4, -0.2) is 96.3 Å². The molecule has 0 unspecified atom stereocenters.